The Balaban J connectivity index is 1.87. The van der Waals surface area contributed by atoms with Crippen LogP contribution in [0.2, 0.25) is 0 Å². The van der Waals surface area contributed by atoms with Crippen molar-refractivity contribution in [3.63, 3.8) is 0 Å². The number of carbonyl (C=O) groups excluding carboxylic acids is 3. The second kappa shape index (κ2) is 9.50. The number of fused-ring (bicyclic) bond motifs is 3. The molecule has 0 heterocycles. The zero-order valence-corrected chi connectivity index (χ0v) is 20.1. The summed E-state index contributed by atoms with van der Waals surface area (Å²) in [6.07, 6.45) is 8.21. The first-order chi connectivity index (χ1) is 15.1. The first-order valence-corrected chi connectivity index (χ1v) is 12.0. The van der Waals surface area contributed by atoms with Crippen molar-refractivity contribution >= 4 is 17.7 Å². The molecule has 3 rings (SSSR count). The molecule has 7 atom stereocenters. The van der Waals surface area contributed by atoms with E-state index >= 15 is 0 Å². The Labute approximate surface area is 191 Å². The average molecular weight is 447 g/mol. The fraction of sp³-hybridized carbons (Fsp3) is 0.731. The van der Waals surface area contributed by atoms with E-state index in [0.29, 0.717) is 6.42 Å². The van der Waals surface area contributed by atoms with Crippen LogP contribution in [0.15, 0.2) is 23.8 Å². The molecule has 2 fully saturated rings. The summed E-state index contributed by atoms with van der Waals surface area (Å²) in [7, 11) is 0. The van der Waals surface area contributed by atoms with E-state index in [0.717, 1.165) is 31.3 Å². The minimum absolute atomic E-state index is 0.0227. The number of allylic oxidation sites excluding steroid dienone is 4. The maximum absolute atomic E-state index is 13.0. The zero-order valence-electron chi connectivity index (χ0n) is 20.1. The molecule has 0 radical (unpaired) electrons. The smallest absolute Gasteiger partial charge is 0.435 e. The molecule has 3 aliphatic carbocycles. The monoisotopic (exact) mass is 446 g/mol. The van der Waals surface area contributed by atoms with Crippen LogP contribution in [0.1, 0.15) is 66.7 Å². The lowest BCUT2D eigenvalue weighted by Crippen LogP contribution is -2.58. The van der Waals surface area contributed by atoms with Gasteiger partial charge >= 0.3 is 6.16 Å². The van der Waals surface area contributed by atoms with E-state index in [9.17, 15) is 19.5 Å². The van der Waals surface area contributed by atoms with E-state index in [1.54, 1.807) is 19.1 Å². The van der Waals surface area contributed by atoms with Crippen molar-refractivity contribution in [3.8, 4) is 0 Å². The third-order valence-corrected chi connectivity index (χ3v) is 8.60. The highest BCUT2D eigenvalue weighted by molar-refractivity contribution is 6.01. The van der Waals surface area contributed by atoms with Crippen molar-refractivity contribution in [3.05, 3.63) is 23.8 Å². The van der Waals surface area contributed by atoms with Gasteiger partial charge in [-0.2, -0.15) is 0 Å². The van der Waals surface area contributed by atoms with Crippen LogP contribution in [-0.4, -0.2) is 42.1 Å². The molecule has 0 amide bonds. The second-order valence-electron chi connectivity index (χ2n) is 10.2. The molecule has 0 aromatic heterocycles. The van der Waals surface area contributed by atoms with E-state index in [1.807, 2.05) is 13.0 Å². The molecule has 1 N–H and O–H groups in total. The van der Waals surface area contributed by atoms with Gasteiger partial charge < -0.3 is 14.6 Å². The first kappa shape index (κ1) is 24.7. The SMILES string of the molecule is CCCC1C2CCC3=CC(=O)C=C[C@]3(C)C2C(O)C[C@]1(C)C(C)C(=O)COC(=O)OCC. The van der Waals surface area contributed by atoms with Crippen molar-refractivity contribution in [1.82, 2.24) is 0 Å². The van der Waals surface area contributed by atoms with Crippen LogP contribution >= 0.6 is 0 Å². The fourth-order valence-corrected chi connectivity index (χ4v) is 6.84. The second-order valence-corrected chi connectivity index (χ2v) is 10.2. The van der Waals surface area contributed by atoms with E-state index in [2.05, 4.69) is 20.8 Å². The first-order valence-electron chi connectivity index (χ1n) is 12.0. The van der Waals surface area contributed by atoms with Gasteiger partial charge in [-0.15, -0.1) is 0 Å². The van der Waals surface area contributed by atoms with E-state index in [1.165, 1.54) is 0 Å². The van der Waals surface area contributed by atoms with Crippen LogP contribution in [0.3, 0.4) is 0 Å². The van der Waals surface area contributed by atoms with Crippen LogP contribution in [0.25, 0.3) is 0 Å². The highest BCUT2D eigenvalue weighted by atomic mass is 16.7. The summed E-state index contributed by atoms with van der Waals surface area (Å²) in [4.78, 5) is 36.6. The molecule has 3 aliphatic rings. The number of carbonyl (C=O) groups is 3. The highest BCUT2D eigenvalue weighted by Crippen LogP contribution is 2.63. The number of aliphatic hydroxyl groups excluding tert-OH is 1. The summed E-state index contributed by atoms with van der Waals surface area (Å²) in [5.74, 6) is 0.0543. The van der Waals surface area contributed by atoms with Crippen LogP contribution in [0.4, 0.5) is 4.79 Å². The van der Waals surface area contributed by atoms with Crippen LogP contribution in [-0.2, 0) is 19.1 Å². The van der Waals surface area contributed by atoms with E-state index in [-0.39, 0.29) is 53.9 Å². The zero-order chi connectivity index (χ0) is 23.7. The summed E-state index contributed by atoms with van der Waals surface area (Å²) in [6.45, 7) is 9.90. The van der Waals surface area contributed by atoms with E-state index in [4.69, 9.17) is 9.47 Å². The molecule has 0 saturated heterocycles. The molecule has 0 aromatic carbocycles. The van der Waals surface area contributed by atoms with Crippen LogP contribution in [0, 0.1) is 34.5 Å². The Kier molecular flexibility index (Phi) is 7.33. The van der Waals surface area contributed by atoms with Crippen molar-refractivity contribution in [2.75, 3.05) is 13.2 Å². The Bertz CT molecular complexity index is 813. The summed E-state index contributed by atoms with van der Waals surface area (Å²) >= 11 is 0. The van der Waals surface area contributed by atoms with Gasteiger partial charge in [0.2, 0.25) is 0 Å². The number of ketones is 2. The Morgan fingerprint density at radius 2 is 1.97 bits per heavy atom. The molecule has 6 nitrogen and oxygen atoms in total. The maximum atomic E-state index is 13.0. The third-order valence-electron chi connectivity index (χ3n) is 8.60. The van der Waals surface area contributed by atoms with Gasteiger partial charge in [0.25, 0.3) is 0 Å². The molecule has 0 aromatic rings. The van der Waals surface area contributed by atoms with Crippen molar-refractivity contribution in [1.29, 1.82) is 0 Å². The number of hydrogen-bond acceptors (Lipinski definition) is 6. The molecule has 6 heteroatoms. The average Bonchev–Trinajstić information content (AvgIpc) is 2.74. The predicted molar refractivity (Wildman–Crippen MR) is 121 cm³/mol. The fourth-order valence-electron chi connectivity index (χ4n) is 6.84. The summed E-state index contributed by atoms with van der Waals surface area (Å²) in [5.41, 5.74) is 0.387. The summed E-state index contributed by atoms with van der Waals surface area (Å²) < 4.78 is 9.77. The van der Waals surface area contributed by atoms with Crippen molar-refractivity contribution in [2.24, 2.45) is 34.5 Å². The minimum Gasteiger partial charge on any atom is -0.435 e. The summed E-state index contributed by atoms with van der Waals surface area (Å²) in [5, 5.41) is 11.5. The molecule has 0 spiro atoms. The molecule has 2 saturated carbocycles. The molecular weight excluding hydrogens is 408 g/mol. The van der Waals surface area contributed by atoms with E-state index < -0.39 is 17.7 Å². The molecular formula is C26H38O6. The van der Waals surface area contributed by atoms with Crippen LogP contribution < -0.4 is 0 Å². The van der Waals surface area contributed by atoms with Gasteiger partial charge in [0, 0.05) is 17.3 Å². The number of rotatable bonds is 7. The lowest BCUT2D eigenvalue weighted by molar-refractivity contribution is -0.152. The normalized spacial score (nSPS) is 37.1. The lowest BCUT2D eigenvalue weighted by Gasteiger charge is -2.60. The van der Waals surface area contributed by atoms with Gasteiger partial charge in [0.05, 0.1) is 12.7 Å². The molecule has 5 unspecified atom stereocenters. The standard InChI is InChI=1S/C26H38O6/c1-6-8-20-19-10-9-17-13-18(27)11-12-25(17,4)23(19)21(28)14-26(20,5)16(3)22(29)15-32-24(30)31-7-2/h11-13,16,19-21,23,28H,6-10,14-15H2,1-5H3/t16?,19?,20?,21?,23?,25-,26+/m0/s1. The Hall–Kier alpha value is -1.95. The Morgan fingerprint density at radius 3 is 2.62 bits per heavy atom. The largest absolute Gasteiger partial charge is 0.508 e. The molecule has 0 bridgehead atoms. The van der Waals surface area contributed by atoms with Crippen molar-refractivity contribution < 1.29 is 29.0 Å². The topological polar surface area (TPSA) is 89.9 Å². The lowest BCUT2D eigenvalue weighted by atomic mass is 9.44. The van der Waals surface area contributed by atoms with Gasteiger partial charge in [-0.25, -0.2) is 4.79 Å². The van der Waals surface area contributed by atoms with Gasteiger partial charge in [-0.05, 0) is 62.0 Å². The molecule has 0 aliphatic heterocycles. The summed E-state index contributed by atoms with van der Waals surface area (Å²) in [6, 6.07) is 0. The van der Waals surface area contributed by atoms with Gasteiger partial charge in [0.1, 0.15) is 0 Å². The quantitative estimate of drug-likeness (QED) is 0.573. The minimum atomic E-state index is -0.829. The van der Waals surface area contributed by atoms with Gasteiger partial charge in [-0.1, -0.05) is 45.8 Å². The predicted octanol–water partition coefficient (Wildman–Crippen LogP) is 4.65. The molecule has 32 heavy (non-hydrogen) atoms. The van der Waals surface area contributed by atoms with Crippen LogP contribution in [0.5, 0.6) is 0 Å². The third kappa shape index (κ3) is 4.30. The highest BCUT2D eigenvalue weighted by Gasteiger charge is 2.59. The molecule has 178 valence electrons. The Morgan fingerprint density at radius 1 is 1.25 bits per heavy atom. The number of ether oxygens (including phenoxy) is 2. The number of aliphatic hydroxyl groups is 1. The van der Waals surface area contributed by atoms with Gasteiger partial charge in [0.15, 0.2) is 18.2 Å². The number of Topliss-reactive ketones (excluding diaryl/α,β-unsaturated/α-hetero) is 1. The van der Waals surface area contributed by atoms with Crippen molar-refractivity contribution in [2.45, 2.75) is 72.8 Å². The number of hydrogen-bond donors (Lipinski definition) is 1. The maximum Gasteiger partial charge on any atom is 0.508 e. The van der Waals surface area contributed by atoms with Gasteiger partial charge in [-0.3, -0.25) is 9.59 Å².